The SMILES string of the molecule is CC(C)(C)c1cc(-c2csc(=Nc3ccccc3)n2Cc2ccccc2)cc(C(C)(C)C)c1O.[Br-]. The summed E-state index contributed by atoms with van der Waals surface area (Å²) in [6, 6.07) is 24.9. The molecule has 0 saturated heterocycles. The van der Waals surface area contributed by atoms with E-state index in [1.807, 2.05) is 36.4 Å². The van der Waals surface area contributed by atoms with Gasteiger partial charge in [-0.15, -0.1) is 11.3 Å². The van der Waals surface area contributed by atoms with E-state index >= 15 is 0 Å². The van der Waals surface area contributed by atoms with Crippen molar-refractivity contribution in [1.82, 2.24) is 4.57 Å². The second-order valence-electron chi connectivity index (χ2n) is 10.8. The maximum Gasteiger partial charge on any atom is 0.190 e. The molecule has 35 heavy (non-hydrogen) atoms. The van der Waals surface area contributed by atoms with Crippen molar-refractivity contribution in [2.75, 3.05) is 0 Å². The highest BCUT2D eigenvalue weighted by atomic mass is 79.9. The van der Waals surface area contributed by atoms with Gasteiger partial charge in [0.15, 0.2) is 4.80 Å². The first-order chi connectivity index (χ1) is 16.0. The van der Waals surface area contributed by atoms with Crippen LogP contribution in [0.2, 0.25) is 0 Å². The number of nitrogens with zero attached hydrogens (tertiary/aromatic N) is 2. The lowest BCUT2D eigenvalue weighted by atomic mass is 9.78. The number of aromatic hydroxyl groups is 1. The Balaban J connectivity index is 0.00000342. The molecule has 0 amide bonds. The van der Waals surface area contributed by atoms with E-state index in [1.54, 1.807) is 11.3 Å². The largest absolute Gasteiger partial charge is 1.00 e. The molecule has 0 atom stereocenters. The Kier molecular flexibility index (Phi) is 8.13. The van der Waals surface area contributed by atoms with Crippen molar-refractivity contribution in [3.63, 3.8) is 0 Å². The molecule has 1 aromatic heterocycles. The third-order valence-corrected chi connectivity index (χ3v) is 6.85. The Bertz CT molecular complexity index is 1310. The average Bonchev–Trinajstić information content (AvgIpc) is 3.15. The Morgan fingerprint density at radius 2 is 1.31 bits per heavy atom. The minimum Gasteiger partial charge on any atom is -1.00 e. The monoisotopic (exact) mass is 549 g/mol. The van der Waals surface area contributed by atoms with Crippen molar-refractivity contribution < 1.29 is 22.1 Å². The van der Waals surface area contributed by atoms with Crippen molar-refractivity contribution >= 4 is 17.0 Å². The van der Waals surface area contributed by atoms with Crippen LogP contribution in [0.4, 0.5) is 5.69 Å². The fourth-order valence-electron chi connectivity index (χ4n) is 4.11. The van der Waals surface area contributed by atoms with Crippen LogP contribution in [0.3, 0.4) is 0 Å². The summed E-state index contributed by atoms with van der Waals surface area (Å²) in [4.78, 5) is 5.93. The molecule has 0 spiro atoms. The molecule has 3 nitrogen and oxygen atoms in total. The zero-order chi connectivity index (χ0) is 24.5. The topological polar surface area (TPSA) is 37.5 Å². The summed E-state index contributed by atoms with van der Waals surface area (Å²) in [5.41, 5.74) is 5.95. The predicted octanol–water partition coefficient (Wildman–Crippen LogP) is 4.80. The summed E-state index contributed by atoms with van der Waals surface area (Å²) < 4.78 is 2.29. The molecule has 0 aliphatic rings. The first-order valence-corrected chi connectivity index (χ1v) is 12.6. The van der Waals surface area contributed by atoms with Crippen molar-refractivity contribution in [1.29, 1.82) is 0 Å². The van der Waals surface area contributed by atoms with E-state index in [0.29, 0.717) is 5.75 Å². The van der Waals surface area contributed by atoms with Crippen LogP contribution in [0.5, 0.6) is 5.75 Å². The van der Waals surface area contributed by atoms with E-state index in [4.69, 9.17) is 4.99 Å². The van der Waals surface area contributed by atoms with Crippen LogP contribution in [0.25, 0.3) is 11.3 Å². The molecule has 0 fully saturated rings. The van der Waals surface area contributed by atoms with Gasteiger partial charge in [-0.2, -0.15) is 0 Å². The van der Waals surface area contributed by atoms with Crippen LogP contribution < -0.4 is 21.8 Å². The minimum atomic E-state index is -0.183. The molecule has 0 bridgehead atoms. The molecular formula is C30H34BrN2OS-. The summed E-state index contributed by atoms with van der Waals surface area (Å²) in [6.45, 7) is 13.6. The van der Waals surface area contributed by atoms with E-state index in [2.05, 4.69) is 87.9 Å². The van der Waals surface area contributed by atoms with Gasteiger partial charge < -0.3 is 26.7 Å². The highest BCUT2D eigenvalue weighted by Gasteiger charge is 2.27. The lowest BCUT2D eigenvalue weighted by Crippen LogP contribution is -3.00. The third kappa shape index (κ3) is 6.14. The third-order valence-electron chi connectivity index (χ3n) is 5.98. The van der Waals surface area contributed by atoms with E-state index in [9.17, 15) is 5.11 Å². The van der Waals surface area contributed by atoms with Gasteiger partial charge in [-0.3, -0.25) is 0 Å². The standard InChI is InChI=1S/C30H34N2OS.BrH/c1-29(2,3)24-17-22(18-25(27(24)33)30(4,5)6)26-20-34-28(31-23-15-11-8-12-16-23)32(26)19-21-13-9-7-10-14-21;/h7-18,20,33H,19H2,1-6H3;1H/p-1. The van der Waals surface area contributed by atoms with Gasteiger partial charge >= 0.3 is 0 Å². The quantitative estimate of drug-likeness (QED) is 0.390. The lowest BCUT2D eigenvalue weighted by Gasteiger charge is -2.28. The molecule has 1 heterocycles. The van der Waals surface area contributed by atoms with Crippen molar-refractivity contribution in [2.45, 2.75) is 58.9 Å². The van der Waals surface area contributed by atoms with E-state index in [-0.39, 0.29) is 27.8 Å². The van der Waals surface area contributed by atoms with E-state index in [0.717, 1.165) is 39.4 Å². The summed E-state index contributed by atoms with van der Waals surface area (Å²) in [5, 5.41) is 13.4. The number of hydrogen-bond acceptors (Lipinski definition) is 3. The van der Waals surface area contributed by atoms with Gasteiger partial charge in [-0.25, -0.2) is 4.99 Å². The highest BCUT2D eigenvalue weighted by molar-refractivity contribution is 7.07. The van der Waals surface area contributed by atoms with Crippen molar-refractivity contribution in [2.24, 2.45) is 4.99 Å². The van der Waals surface area contributed by atoms with Crippen molar-refractivity contribution in [3.8, 4) is 17.0 Å². The van der Waals surface area contributed by atoms with Gasteiger partial charge in [0.2, 0.25) is 0 Å². The molecule has 5 heteroatoms. The predicted molar refractivity (Wildman–Crippen MR) is 144 cm³/mol. The first kappa shape index (κ1) is 27.0. The Labute approximate surface area is 223 Å². The number of aromatic nitrogens is 1. The number of rotatable bonds is 4. The van der Waals surface area contributed by atoms with Gasteiger partial charge in [0.25, 0.3) is 0 Å². The number of halogens is 1. The second kappa shape index (κ2) is 10.5. The van der Waals surface area contributed by atoms with Crippen LogP contribution in [0.15, 0.2) is 83.2 Å². The van der Waals surface area contributed by atoms with Gasteiger partial charge in [0, 0.05) is 16.5 Å². The number of para-hydroxylation sites is 1. The van der Waals surface area contributed by atoms with Crippen LogP contribution in [-0.4, -0.2) is 9.67 Å². The Hall–Kier alpha value is -2.63. The van der Waals surface area contributed by atoms with Crippen LogP contribution in [-0.2, 0) is 17.4 Å². The molecule has 1 N–H and O–H groups in total. The normalized spacial score (nSPS) is 12.5. The van der Waals surface area contributed by atoms with E-state index in [1.165, 1.54) is 5.56 Å². The van der Waals surface area contributed by atoms with Gasteiger partial charge in [0.1, 0.15) is 5.75 Å². The molecule has 0 aliphatic carbocycles. The number of benzene rings is 3. The molecule has 0 aliphatic heterocycles. The number of phenols is 1. The highest BCUT2D eigenvalue weighted by Crippen LogP contribution is 2.42. The molecule has 0 radical (unpaired) electrons. The van der Waals surface area contributed by atoms with Gasteiger partial charge in [-0.05, 0) is 46.2 Å². The lowest BCUT2D eigenvalue weighted by molar-refractivity contribution is -0.00000895. The fraction of sp³-hybridized carbons (Fsp3) is 0.300. The Morgan fingerprint density at radius 1 is 0.800 bits per heavy atom. The number of thiazole rings is 1. The smallest absolute Gasteiger partial charge is 0.190 e. The maximum atomic E-state index is 11.2. The van der Waals surface area contributed by atoms with Crippen LogP contribution >= 0.6 is 11.3 Å². The summed E-state index contributed by atoms with van der Waals surface area (Å²) in [7, 11) is 0. The average molecular weight is 551 g/mol. The number of phenolic OH excluding ortho intramolecular Hbond substituents is 1. The molecule has 4 rings (SSSR count). The minimum absolute atomic E-state index is 0. The second-order valence-corrected chi connectivity index (χ2v) is 11.7. The maximum absolute atomic E-state index is 11.2. The molecule has 184 valence electrons. The summed E-state index contributed by atoms with van der Waals surface area (Å²) in [5.74, 6) is 0.405. The zero-order valence-electron chi connectivity index (χ0n) is 21.3. The first-order valence-electron chi connectivity index (χ1n) is 11.7. The summed E-state index contributed by atoms with van der Waals surface area (Å²) >= 11 is 1.65. The van der Waals surface area contributed by atoms with E-state index < -0.39 is 0 Å². The fourth-order valence-corrected chi connectivity index (χ4v) is 5.04. The molecule has 4 aromatic rings. The number of hydrogen-bond donors (Lipinski definition) is 1. The molecule has 0 unspecified atom stereocenters. The molecule has 0 saturated carbocycles. The van der Waals surface area contributed by atoms with Gasteiger partial charge in [0.05, 0.1) is 17.9 Å². The van der Waals surface area contributed by atoms with Gasteiger partial charge in [-0.1, -0.05) is 90.1 Å². The molecule has 3 aromatic carbocycles. The molecular weight excluding hydrogens is 516 g/mol. The Morgan fingerprint density at radius 3 is 1.83 bits per heavy atom. The zero-order valence-corrected chi connectivity index (χ0v) is 23.7. The van der Waals surface area contributed by atoms with Crippen LogP contribution in [0.1, 0.15) is 58.2 Å². The van der Waals surface area contributed by atoms with Crippen LogP contribution in [0, 0.1) is 0 Å². The van der Waals surface area contributed by atoms with Crippen molar-refractivity contribution in [3.05, 3.63) is 99.7 Å². The summed E-state index contributed by atoms with van der Waals surface area (Å²) in [6.07, 6.45) is 0.